The predicted octanol–water partition coefficient (Wildman–Crippen LogP) is 10.0. The third-order valence-electron chi connectivity index (χ3n) is 0.986. The van der Waals surface area contributed by atoms with Gasteiger partial charge in [0.15, 0.2) is 6.07 Å². The van der Waals surface area contributed by atoms with E-state index in [1.165, 1.54) is 4.99 Å². The Kier molecular flexibility index (Phi) is 40.9. The summed E-state index contributed by atoms with van der Waals surface area (Å²) in [4.78, 5) is 5.51. The van der Waals surface area contributed by atoms with Crippen LogP contribution in [-0.4, -0.2) is 48.4 Å². The number of halogens is 24. The Morgan fingerprint density at radius 3 is 1.00 bits per heavy atom. The third-order valence-corrected chi connectivity index (χ3v) is 1.81. The molecule has 0 aliphatic heterocycles. The molecule has 40 heavy (non-hydrogen) atoms. The van der Waals surface area contributed by atoms with E-state index in [4.69, 9.17) is 10.1 Å². The summed E-state index contributed by atoms with van der Waals surface area (Å²) in [6.45, 7) is 0. The van der Waals surface area contributed by atoms with Crippen molar-refractivity contribution in [2.75, 3.05) is 0 Å². The minimum absolute atomic E-state index is 0. The second-order valence-corrected chi connectivity index (χ2v) is 5.50. The number of rotatable bonds is 0. The van der Waals surface area contributed by atoms with Gasteiger partial charge >= 0.3 is 43.3 Å². The van der Waals surface area contributed by atoms with E-state index in [0.717, 1.165) is 15.9 Å². The first-order chi connectivity index (χ1) is 16.2. The van der Waals surface area contributed by atoms with Crippen molar-refractivity contribution in [1.29, 1.82) is 5.26 Å². The smallest absolute Gasteiger partial charge is 0.254 e. The molecular weight excluding hydrogens is 841 g/mol. The van der Waals surface area contributed by atoms with Crippen LogP contribution in [0.15, 0.2) is 16.4 Å². The van der Waals surface area contributed by atoms with Crippen LogP contribution >= 0.6 is 56.7 Å². The van der Waals surface area contributed by atoms with Gasteiger partial charge in [-0.1, -0.05) is 0 Å². The van der Waals surface area contributed by atoms with E-state index in [0.29, 0.717) is 6.08 Å². The molecule has 0 saturated heterocycles. The Hall–Kier alpha value is -0.195. The zero-order valence-electron chi connectivity index (χ0n) is 16.7. The number of carbonyl (C=O) groups excluding carboxylic acids is 1. The molecule has 0 aromatic heterocycles. The zero-order valence-corrected chi connectivity index (χ0v) is 22.3. The minimum Gasteiger partial charge on any atom is -0.254 e. The molecule has 0 aliphatic carbocycles. The first kappa shape index (κ1) is 59.3. The Morgan fingerprint density at radius 2 is 1.00 bits per heavy atom. The summed E-state index contributed by atoms with van der Waals surface area (Å²) >= 11 is 8.36. The standard InChI is InChI=1S/C2BrF5.C2ClF3.C2F4S.C2F3NO.C2F3N.Ar.BF3.BrH/c3-1(4,5)2(6,7)8;3-1(4)2(5)6;3-1(7)2(4,5)6;3-2(4,5)6-1-7;3-2(4,5)1-6;;2-1(3)4;/h;;;;;;;1H. The molecule has 0 N–H and O–H groups in total. The van der Waals surface area contributed by atoms with Crippen LogP contribution in [-0.2, 0) is 4.79 Å². The van der Waals surface area contributed by atoms with Gasteiger partial charge in [-0.2, -0.15) is 71.1 Å². The third kappa shape index (κ3) is 76.9. The van der Waals surface area contributed by atoms with Gasteiger partial charge in [-0.05, 0) is 23.8 Å². The van der Waals surface area contributed by atoms with Crippen molar-refractivity contribution < 1.29 is 135 Å². The number of alkyl halides is 15. The van der Waals surface area contributed by atoms with Gasteiger partial charge in [0.1, 0.15) is 0 Å². The second kappa shape index (κ2) is 27.6. The number of nitrogens with zero attached hydrogens (tertiary/aromatic N) is 2. The summed E-state index contributed by atoms with van der Waals surface area (Å²) in [7, 11) is -3.67. The normalized spacial score (nSPS) is 10.1. The van der Waals surface area contributed by atoms with Crippen LogP contribution in [0, 0.1) is 49.1 Å². The Bertz CT molecular complexity index is 726. The largest absolute Gasteiger partial charge is 0.762 e. The molecule has 0 spiro atoms. The van der Waals surface area contributed by atoms with Gasteiger partial charge in [-0.15, -0.1) is 35.1 Å². The van der Waals surface area contributed by atoms with Crippen LogP contribution in [0.2, 0.25) is 0 Å². The number of thiocarbonyl (C=S) groups is 1. The van der Waals surface area contributed by atoms with Crippen molar-refractivity contribution in [2.45, 2.75) is 29.7 Å². The molecule has 0 aromatic rings. The Morgan fingerprint density at radius 1 is 0.825 bits per heavy atom. The van der Waals surface area contributed by atoms with Gasteiger partial charge in [0, 0.05) is 53.7 Å². The molecule has 0 amide bonds. The molecule has 0 unspecified atom stereocenters. The van der Waals surface area contributed by atoms with Gasteiger partial charge < -0.3 is 0 Å². The summed E-state index contributed by atoms with van der Waals surface area (Å²) in [5, 5.41) is 2.67. The molecule has 3 nitrogen and oxygen atoms in total. The van der Waals surface area contributed by atoms with Crippen molar-refractivity contribution in [1.82, 2.24) is 0 Å². The van der Waals surface area contributed by atoms with Crippen LogP contribution in [0.5, 0.6) is 0 Å². The average Bonchev–Trinajstić information content (AvgIpc) is 2.59. The quantitative estimate of drug-likeness (QED) is 0.0357. The zero-order chi connectivity index (χ0) is 32.9. The molecule has 30 heteroatoms. The van der Waals surface area contributed by atoms with Crippen molar-refractivity contribution in [2.24, 2.45) is 4.99 Å². The Labute approximate surface area is 265 Å². The van der Waals surface area contributed by atoms with Gasteiger partial charge in [0.2, 0.25) is 6.08 Å². The topological polar surface area (TPSA) is 53.2 Å². The first-order valence-electron chi connectivity index (χ1n) is 6.51. The minimum atomic E-state index is -5.48. The molecular formula is C10HArBBr2ClF21N2OS. The summed E-state index contributed by atoms with van der Waals surface area (Å²) < 4.78 is 221. The SMILES string of the molecule is Br.FB(F)F.FC(=S)C(F)(F)F.FC(F)(F)C(F)(F)Br.FC(F)=C(F)Cl.N#CC(F)(F)F.O=C=NC(F)(F)F.[Ar]. The van der Waals surface area contributed by atoms with Gasteiger partial charge in [0.25, 0.3) is 10.4 Å². The number of isocyanates is 1. The fourth-order valence-corrected chi connectivity index (χ4v) is 0.0518. The van der Waals surface area contributed by atoms with Gasteiger partial charge in [-0.3, -0.25) is 12.9 Å². The second-order valence-electron chi connectivity index (χ2n) is 3.82. The number of hydrogen-bond donors (Lipinski definition) is 0. The van der Waals surface area contributed by atoms with Crippen LogP contribution in [0.3, 0.4) is 0 Å². The molecule has 242 valence electrons. The van der Waals surface area contributed by atoms with Crippen molar-refractivity contribution >= 4 is 75.5 Å². The van der Waals surface area contributed by atoms with Crippen LogP contribution in [0.1, 0.15) is 0 Å². The van der Waals surface area contributed by atoms with Crippen LogP contribution < -0.4 is 0 Å². The molecule has 0 heterocycles. The maximum absolute atomic E-state index is 11.0. The van der Waals surface area contributed by atoms with Crippen molar-refractivity contribution in [3.05, 3.63) is 11.4 Å². The van der Waals surface area contributed by atoms with E-state index in [1.54, 1.807) is 0 Å². The van der Waals surface area contributed by atoms with E-state index in [1.807, 2.05) is 0 Å². The maximum atomic E-state index is 11.0. The van der Waals surface area contributed by atoms with Gasteiger partial charge in [-0.25, -0.2) is 4.79 Å². The first-order valence-corrected chi connectivity index (χ1v) is 8.09. The van der Waals surface area contributed by atoms with E-state index in [2.05, 4.69) is 23.8 Å². The Balaban J connectivity index is -0.0000000512. The maximum Gasteiger partial charge on any atom is 0.762 e. The predicted molar refractivity (Wildman–Crippen MR) is 101 cm³/mol. The number of hydrogen-bond acceptors (Lipinski definition) is 4. The molecule has 0 aliphatic rings. The van der Waals surface area contributed by atoms with Crippen molar-refractivity contribution in [3.8, 4) is 6.07 Å². The summed E-state index contributed by atoms with van der Waals surface area (Å²) in [6.07, 6.45) is -21.9. The van der Waals surface area contributed by atoms with Crippen molar-refractivity contribution in [3.63, 3.8) is 0 Å². The molecule has 0 aromatic carbocycles. The van der Waals surface area contributed by atoms with E-state index < -0.39 is 53.7 Å². The van der Waals surface area contributed by atoms with E-state index >= 15 is 0 Å². The fraction of sp³-hybridized carbons (Fsp3) is 0.500. The van der Waals surface area contributed by atoms with Gasteiger partial charge in [0.05, 0.1) is 0 Å². The molecule has 0 saturated carbocycles. The molecule has 0 fully saturated rings. The fourth-order valence-electron chi connectivity index (χ4n) is 0.0518. The number of aliphatic imine (C=N–C) groups is 1. The van der Waals surface area contributed by atoms with Crippen LogP contribution in [0.25, 0.3) is 0 Å². The molecule has 0 radical (unpaired) electrons. The average molecular weight is 842 g/mol. The molecule has 0 rings (SSSR count). The number of nitriles is 1. The van der Waals surface area contributed by atoms with E-state index in [-0.39, 0.29) is 60.8 Å². The summed E-state index contributed by atoms with van der Waals surface area (Å²) in [5.41, 5.74) is 0. The molecule has 0 bridgehead atoms. The molecule has 0 atom stereocenters. The summed E-state index contributed by atoms with van der Waals surface area (Å²) in [6, 6.07) is 0.104. The monoisotopic (exact) mass is 840 g/mol. The summed E-state index contributed by atoms with van der Waals surface area (Å²) in [5.74, 6) is 0. The van der Waals surface area contributed by atoms with E-state index in [9.17, 15) is 92.0 Å². The van der Waals surface area contributed by atoms with Crippen LogP contribution in [0.4, 0.5) is 92.0 Å².